The van der Waals surface area contributed by atoms with Crippen LogP contribution in [-0.2, 0) is 0 Å². The van der Waals surface area contributed by atoms with E-state index in [1.165, 1.54) is 32.2 Å². The van der Waals surface area contributed by atoms with Gasteiger partial charge in [-0.2, -0.15) is 5.26 Å². The molecule has 0 amide bonds. The topological polar surface area (TPSA) is 42.3 Å². The van der Waals surface area contributed by atoms with Gasteiger partial charge in [-0.1, -0.05) is 0 Å². The lowest BCUT2D eigenvalue weighted by atomic mass is 9.99. The fourth-order valence-corrected chi connectivity index (χ4v) is 2.91. The number of nitrogens with zero attached hydrogens (tertiary/aromatic N) is 3. The lowest BCUT2D eigenvalue weighted by Gasteiger charge is -2.29. The minimum atomic E-state index is -0.350. The van der Waals surface area contributed by atoms with Crippen molar-refractivity contribution in [1.29, 1.82) is 5.26 Å². The van der Waals surface area contributed by atoms with E-state index in [1.807, 2.05) is 6.92 Å². The second kappa shape index (κ2) is 6.21. The molecule has 0 spiro atoms. The van der Waals surface area contributed by atoms with Gasteiger partial charge in [0.1, 0.15) is 5.54 Å². The molecule has 0 aromatic heterocycles. The standard InChI is InChI=1S/C15H28N4/c1-15(12-16,17-13-6-7-13)8-10-18(2)11-14-5-4-9-19(14)3/h13-14,17H,4-11H2,1-3H3. The van der Waals surface area contributed by atoms with E-state index < -0.39 is 0 Å². The van der Waals surface area contributed by atoms with Gasteiger partial charge in [0.05, 0.1) is 6.07 Å². The normalized spacial score (nSPS) is 27.4. The molecule has 2 fully saturated rings. The number of likely N-dealkylation sites (N-methyl/N-ethyl adjacent to an activating group) is 2. The number of nitriles is 1. The molecule has 4 nitrogen and oxygen atoms in total. The van der Waals surface area contributed by atoms with E-state index in [-0.39, 0.29) is 5.54 Å². The van der Waals surface area contributed by atoms with E-state index in [0.717, 1.165) is 19.5 Å². The smallest absolute Gasteiger partial charge is 0.105 e. The molecular weight excluding hydrogens is 236 g/mol. The van der Waals surface area contributed by atoms with Gasteiger partial charge in [-0.25, -0.2) is 0 Å². The molecule has 0 radical (unpaired) electrons. The largest absolute Gasteiger partial charge is 0.305 e. The summed E-state index contributed by atoms with van der Waals surface area (Å²) in [5, 5.41) is 12.8. The minimum absolute atomic E-state index is 0.350. The van der Waals surface area contributed by atoms with Gasteiger partial charge in [0, 0.05) is 25.2 Å². The van der Waals surface area contributed by atoms with Crippen molar-refractivity contribution >= 4 is 0 Å². The number of likely N-dealkylation sites (tertiary alicyclic amines) is 1. The van der Waals surface area contributed by atoms with Crippen LogP contribution < -0.4 is 5.32 Å². The van der Waals surface area contributed by atoms with Crippen LogP contribution in [0.1, 0.15) is 39.0 Å². The zero-order valence-corrected chi connectivity index (χ0v) is 12.7. The van der Waals surface area contributed by atoms with Crippen LogP contribution in [0, 0.1) is 11.3 Å². The zero-order valence-electron chi connectivity index (χ0n) is 12.7. The van der Waals surface area contributed by atoms with Gasteiger partial charge in [-0.15, -0.1) is 0 Å². The van der Waals surface area contributed by atoms with E-state index in [1.54, 1.807) is 0 Å². The number of hydrogen-bond acceptors (Lipinski definition) is 4. The summed E-state index contributed by atoms with van der Waals surface area (Å²) in [7, 11) is 4.40. The third kappa shape index (κ3) is 4.45. The SMILES string of the molecule is CN(CCC(C)(C#N)NC1CC1)CC1CCCN1C. The Bertz CT molecular complexity index is 334. The van der Waals surface area contributed by atoms with Crippen LogP contribution in [0.4, 0.5) is 0 Å². The maximum Gasteiger partial charge on any atom is 0.105 e. The Labute approximate surface area is 117 Å². The van der Waals surface area contributed by atoms with E-state index in [2.05, 4.69) is 35.3 Å². The van der Waals surface area contributed by atoms with Crippen molar-refractivity contribution in [3.8, 4) is 6.07 Å². The van der Waals surface area contributed by atoms with Crippen molar-refractivity contribution in [2.24, 2.45) is 0 Å². The van der Waals surface area contributed by atoms with Crippen LogP contribution in [0.25, 0.3) is 0 Å². The maximum absolute atomic E-state index is 9.36. The summed E-state index contributed by atoms with van der Waals surface area (Å²) in [6.07, 6.45) is 6.03. The molecule has 2 rings (SSSR count). The van der Waals surface area contributed by atoms with Crippen LogP contribution in [0.5, 0.6) is 0 Å². The molecule has 1 aliphatic carbocycles. The lowest BCUT2D eigenvalue weighted by Crippen LogP contribution is -2.45. The van der Waals surface area contributed by atoms with E-state index in [4.69, 9.17) is 0 Å². The highest BCUT2D eigenvalue weighted by molar-refractivity contribution is 5.07. The first-order chi connectivity index (χ1) is 9.02. The van der Waals surface area contributed by atoms with Crippen LogP contribution in [0.3, 0.4) is 0 Å². The zero-order chi connectivity index (χ0) is 13.9. The molecule has 1 saturated carbocycles. The van der Waals surface area contributed by atoms with Crippen LogP contribution in [-0.4, -0.2) is 61.2 Å². The minimum Gasteiger partial charge on any atom is -0.305 e. The highest BCUT2D eigenvalue weighted by Crippen LogP contribution is 2.24. The van der Waals surface area contributed by atoms with Gasteiger partial charge in [-0.05, 0) is 59.7 Å². The fraction of sp³-hybridized carbons (Fsp3) is 0.933. The van der Waals surface area contributed by atoms with Crippen LogP contribution in [0.15, 0.2) is 0 Å². The average Bonchev–Trinajstić information content (AvgIpc) is 3.10. The summed E-state index contributed by atoms with van der Waals surface area (Å²) in [5.74, 6) is 0. The molecular formula is C15H28N4. The molecule has 1 heterocycles. The predicted octanol–water partition coefficient (Wildman–Crippen LogP) is 1.44. The van der Waals surface area contributed by atoms with Crippen molar-refractivity contribution in [2.45, 2.75) is 56.7 Å². The van der Waals surface area contributed by atoms with Crippen LogP contribution >= 0.6 is 0 Å². The van der Waals surface area contributed by atoms with Gasteiger partial charge in [0.2, 0.25) is 0 Å². The third-order valence-electron chi connectivity index (χ3n) is 4.53. The Morgan fingerprint density at radius 3 is 2.68 bits per heavy atom. The molecule has 1 N–H and O–H groups in total. The first kappa shape index (κ1) is 14.8. The highest BCUT2D eigenvalue weighted by atomic mass is 15.2. The van der Waals surface area contributed by atoms with Gasteiger partial charge in [0.25, 0.3) is 0 Å². The molecule has 1 aliphatic heterocycles. The van der Waals surface area contributed by atoms with Crippen molar-refractivity contribution in [1.82, 2.24) is 15.1 Å². The van der Waals surface area contributed by atoms with Gasteiger partial charge in [0.15, 0.2) is 0 Å². The maximum atomic E-state index is 9.36. The molecule has 2 aliphatic rings. The van der Waals surface area contributed by atoms with E-state index >= 15 is 0 Å². The Hall–Kier alpha value is -0.630. The molecule has 19 heavy (non-hydrogen) atoms. The summed E-state index contributed by atoms with van der Waals surface area (Å²) < 4.78 is 0. The molecule has 2 unspecified atom stereocenters. The summed E-state index contributed by atoms with van der Waals surface area (Å²) in [4.78, 5) is 4.85. The van der Waals surface area contributed by atoms with Crippen molar-refractivity contribution < 1.29 is 0 Å². The van der Waals surface area contributed by atoms with Crippen LogP contribution in [0.2, 0.25) is 0 Å². The Balaban J connectivity index is 1.72. The van der Waals surface area contributed by atoms with Gasteiger partial charge < -0.3 is 9.80 Å². The molecule has 2 atom stereocenters. The number of nitrogens with one attached hydrogen (secondary N) is 1. The first-order valence-electron chi connectivity index (χ1n) is 7.60. The summed E-state index contributed by atoms with van der Waals surface area (Å²) in [6.45, 7) is 5.40. The van der Waals surface area contributed by atoms with E-state index in [9.17, 15) is 5.26 Å². The summed E-state index contributed by atoms with van der Waals surface area (Å²) >= 11 is 0. The molecule has 0 aromatic carbocycles. The van der Waals surface area contributed by atoms with E-state index in [0.29, 0.717) is 12.1 Å². The lowest BCUT2D eigenvalue weighted by molar-refractivity contribution is 0.208. The molecule has 1 saturated heterocycles. The van der Waals surface area contributed by atoms with Crippen molar-refractivity contribution in [3.05, 3.63) is 0 Å². The highest BCUT2D eigenvalue weighted by Gasteiger charge is 2.32. The second-order valence-corrected chi connectivity index (χ2v) is 6.65. The van der Waals surface area contributed by atoms with Gasteiger partial charge in [-0.3, -0.25) is 5.32 Å². The molecule has 4 heteroatoms. The summed E-state index contributed by atoms with van der Waals surface area (Å²) in [5.41, 5.74) is -0.350. The Morgan fingerprint density at radius 2 is 2.16 bits per heavy atom. The van der Waals surface area contributed by atoms with Crippen molar-refractivity contribution in [3.63, 3.8) is 0 Å². The average molecular weight is 264 g/mol. The second-order valence-electron chi connectivity index (χ2n) is 6.65. The quantitative estimate of drug-likeness (QED) is 0.755. The summed E-state index contributed by atoms with van der Waals surface area (Å²) in [6, 6.07) is 3.76. The number of rotatable bonds is 7. The predicted molar refractivity (Wildman–Crippen MR) is 77.9 cm³/mol. The molecule has 0 aromatic rings. The first-order valence-corrected chi connectivity index (χ1v) is 7.60. The van der Waals surface area contributed by atoms with Gasteiger partial charge >= 0.3 is 0 Å². The molecule has 108 valence electrons. The fourth-order valence-electron chi connectivity index (χ4n) is 2.91. The number of hydrogen-bond donors (Lipinski definition) is 1. The third-order valence-corrected chi connectivity index (χ3v) is 4.53. The Morgan fingerprint density at radius 1 is 1.42 bits per heavy atom. The molecule has 0 bridgehead atoms. The van der Waals surface area contributed by atoms with Crippen molar-refractivity contribution in [2.75, 3.05) is 33.7 Å². The Kier molecular flexibility index (Phi) is 4.83. The monoisotopic (exact) mass is 264 g/mol.